The Kier molecular flexibility index (Phi) is 3.66. The number of amides is 1. The van der Waals surface area contributed by atoms with Crippen molar-refractivity contribution in [2.24, 2.45) is 0 Å². The van der Waals surface area contributed by atoms with Crippen molar-refractivity contribution in [3.63, 3.8) is 0 Å². The Balaban J connectivity index is 1.59. The molecule has 2 unspecified atom stereocenters. The van der Waals surface area contributed by atoms with E-state index >= 15 is 0 Å². The van der Waals surface area contributed by atoms with Crippen LogP contribution in [0, 0.1) is 0 Å². The smallest absolute Gasteiger partial charge is 0.222 e. The Bertz CT molecular complexity index is 486. The van der Waals surface area contributed by atoms with Crippen molar-refractivity contribution in [3.8, 4) is 5.75 Å². The predicted octanol–water partition coefficient (Wildman–Crippen LogP) is 1.63. The minimum Gasteiger partial charge on any atom is -0.508 e. The Morgan fingerprint density at radius 3 is 2.80 bits per heavy atom. The van der Waals surface area contributed by atoms with Crippen LogP contribution in [0.25, 0.3) is 0 Å². The molecule has 2 heterocycles. The molecule has 2 aliphatic rings. The number of rotatable bonds is 3. The largest absolute Gasteiger partial charge is 0.508 e. The first-order chi connectivity index (χ1) is 9.63. The number of carbonyl (C=O) groups is 1. The Morgan fingerprint density at radius 2 is 2.05 bits per heavy atom. The first-order valence-corrected chi connectivity index (χ1v) is 7.45. The fourth-order valence-corrected chi connectivity index (χ4v) is 3.39. The van der Waals surface area contributed by atoms with E-state index in [-0.39, 0.29) is 0 Å². The van der Waals surface area contributed by atoms with Gasteiger partial charge in [-0.2, -0.15) is 0 Å². The summed E-state index contributed by atoms with van der Waals surface area (Å²) in [6.07, 6.45) is 2.73. The molecule has 0 radical (unpaired) electrons. The van der Waals surface area contributed by atoms with E-state index < -0.39 is 0 Å². The second kappa shape index (κ2) is 5.44. The number of nitrogens with zero attached hydrogens (tertiary/aromatic N) is 2. The highest BCUT2D eigenvalue weighted by molar-refractivity contribution is 5.78. The van der Waals surface area contributed by atoms with Gasteiger partial charge in [0.05, 0.1) is 0 Å². The summed E-state index contributed by atoms with van der Waals surface area (Å²) in [4.78, 5) is 16.2. The molecule has 0 saturated carbocycles. The van der Waals surface area contributed by atoms with E-state index in [1.165, 1.54) is 5.56 Å². The fourth-order valence-electron chi connectivity index (χ4n) is 3.39. The van der Waals surface area contributed by atoms with Gasteiger partial charge in [0.25, 0.3) is 0 Å². The van der Waals surface area contributed by atoms with Gasteiger partial charge in [0.1, 0.15) is 5.75 Å². The molecular formula is C16H22N2O2. The average Bonchev–Trinajstić information content (AvgIpc) is 2.82. The van der Waals surface area contributed by atoms with Crippen LogP contribution in [0.1, 0.15) is 25.3 Å². The monoisotopic (exact) mass is 274 g/mol. The summed E-state index contributed by atoms with van der Waals surface area (Å²) in [7, 11) is 0. The van der Waals surface area contributed by atoms with Crippen molar-refractivity contribution in [1.29, 1.82) is 0 Å². The summed E-state index contributed by atoms with van der Waals surface area (Å²) in [5, 5.41) is 9.32. The molecule has 1 amide bonds. The van der Waals surface area contributed by atoms with E-state index in [0.717, 1.165) is 38.9 Å². The van der Waals surface area contributed by atoms with Gasteiger partial charge >= 0.3 is 0 Å². The second-order valence-corrected chi connectivity index (χ2v) is 5.99. The van der Waals surface area contributed by atoms with E-state index in [2.05, 4.69) is 16.7 Å². The molecular weight excluding hydrogens is 252 g/mol. The van der Waals surface area contributed by atoms with Gasteiger partial charge < -0.3 is 10.0 Å². The number of piperazine rings is 1. The number of benzene rings is 1. The van der Waals surface area contributed by atoms with Crippen molar-refractivity contribution in [3.05, 3.63) is 29.8 Å². The van der Waals surface area contributed by atoms with E-state index in [1.54, 1.807) is 12.1 Å². The topological polar surface area (TPSA) is 43.8 Å². The van der Waals surface area contributed by atoms with Crippen LogP contribution in [0.3, 0.4) is 0 Å². The molecule has 0 bridgehead atoms. The number of aromatic hydroxyl groups is 1. The average molecular weight is 274 g/mol. The quantitative estimate of drug-likeness (QED) is 0.911. The van der Waals surface area contributed by atoms with Crippen LogP contribution in [0.5, 0.6) is 5.75 Å². The highest BCUT2D eigenvalue weighted by atomic mass is 16.3. The lowest BCUT2D eigenvalue weighted by Gasteiger charge is -2.40. The lowest BCUT2D eigenvalue weighted by molar-refractivity contribution is -0.131. The van der Waals surface area contributed by atoms with Crippen LogP contribution in [0.4, 0.5) is 0 Å². The third kappa shape index (κ3) is 2.66. The standard InChI is InChI=1S/C16H22N2O2/c1-12(10-13-2-5-15(19)6-3-13)17-8-9-18-14(11-17)4-7-16(18)20/h2-3,5-6,12,14,19H,4,7-11H2,1H3. The number of hydrogen-bond donors (Lipinski definition) is 1. The van der Waals surface area contributed by atoms with Gasteiger partial charge in [0, 0.05) is 38.1 Å². The highest BCUT2D eigenvalue weighted by Crippen LogP contribution is 2.24. The molecule has 4 heteroatoms. The number of fused-ring (bicyclic) bond motifs is 1. The molecule has 1 aromatic carbocycles. The normalized spacial score (nSPS) is 24.8. The molecule has 1 aromatic rings. The predicted molar refractivity (Wildman–Crippen MR) is 77.6 cm³/mol. The molecule has 2 atom stereocenters. The van der Waals surface area contributed by atoms with E-state index in [1.807, 2.05) is 12.1 Å². The number of phenols is 1. The van der Waals surface area contributed by atoms with E-state index in [0.29, 0.717) is 23.7 Å². The molecule has 3 rings (SSSR count). The van der Waals surface area contributed by atoms with Gasteiger partial charge in [-0.3, -0.25) is 9.69 Å². The molecule has 1 N–H and O–H groups in total. The highest BCUT2D eigenvalue weighted by Gasteiger charge is 2.36. The Morgan fingerprint density at radius 1 is 1.30 bits per heavy atom. The maximum absolute atomic E-state index is 11.7. The third-order valence-electron chi connectivity index (χ3n) is 4.62. The maximum atomic E-state index is 11.7. The first kappa shape index (κ1) is 13.4. The van der Waals surface area contributed by atoms with Crippen LogP contribution in [-0.4, -0.2) is 52.5 Å². The van der Waals surface area contributed by atoms with Crippen molar-refractivity contribution in [2.75, 3.05) is 19.6 Å². The number of phenolic OH excluding ortho intramolecular Hbond substituents is 1. The summed E-state index contributed by atoms with van der Waals surface area (Å²) < 4.78 is 0. The SMILES string of the molecule is CC(Cc1ccc(O)cc1)N1CCN2C(=O)CCC2C1. The summed E-state index contributed by atoms with van der Waals surface area (Å²) in [6.45, 7) is 5.11. The zero-order valence-corrected chi connectivity index (χ0v) is 12.0. The van der Waals surface area contributed by atoms with E-state index in [4.69, 9.17) is 0 Å². The van der Waals surface area contributed by atoms with Gasteiger partial charge in [0.15, 0.2) is 0 Å². The Hall–Kier alpha value is -1.55. The summed E-state index contributed by atoms with van der Waals surface area (Å²) >= 11 is 0. The van der Waals surface area contributed by atoms with Crippen molar-refractivity contribution < 1.29 is 9.90 Å². The molecule has 108 valence electrons. The van der Waals surface area contributed by atoms with Gasteiger partial charge in [0.2, 0.25) is 5.91 Å². The molecule has 4 nitrogen and oxygen atoms in total. The van der Waals surface area contributed by atoms with Crippen LogP contribution in [0.15, 0.2) is 24.3 Å². The lowest BCUT2D eigenvalue weighted by Crippen LogP contribution is -2.54. The Labute approximate surface area is 120 Å². The molecule has 2 fully saturated rings. The van der Waals surface area contributed by atoms with Crippen LogP contribution < -0.4 is 0 Å². The minimum atomic E-state index is 0.319. The van der Waals surface area contributed by atoms with Crippen LogP contribution in [0.2, 0.25) is 0 Å². The van der Waals surface area contributed by atoms with Gasteiger partial charge in [-0.25, -0.2) is 0 Å². The molecule has 2 saturated heterocycles. The summed E-state index contributed by atoms with van der Waals surface area (Å²) in [5.41, 5.74) is 1.25. The van der Waals surface area contributed by atoms with Crippen molar-refractivity contribution >= 4 is 5.91 Å². The zero-order valence-electron chi connectivity index (χ0n) is 12.0. The van der Waals surface area contributed by atoms with Crippen LogP contribution in [-0.2, 0) is 11.2 Å². The molecule has 0 aromatic heterocycles. The van der Waals surface area contributed by atoms with Crippen LogP contribution >= 0.6 is 0 Å². The first-order valence-electron chi connectivity index (χ1n) is 7.45. The van der Waals surface area contributed by atoms with E-state index in [9.17, 15) is 9.90 Å². The number of hydrogen-bond acceptors (Lipinski definition) is 3. The molecule has 0 spiro atoms. The lowest BCUT2D eigenvalue weighted by atomic mass is 10.0. The summed E-state index contributed by atoms with van der Waals surface area (Å²) in [6, 6.07) is 8.36. The van der Waals surface area contributed by atoms with Gasteiger partial charge in [-0.1, -0.05) is 12.1 Å². The third-order valence-corrected chi connectivity index (χ3v) is 4.62. The molecule has 20 heavy (non-hydrogen) atoms. The van der Waals surface area contributed by atoms with Crippen molar-refractivity contribution in [1.82, 2.24) is 9.80 Å². The summed E-state index contributed by atoms with van der Waals surface area (Å²) in [5.74, 6) is 0.653. The second-order valence-electron chi connectivity index (χ2n) is 5.99. The number of carbonyl (C=O) groups excluding carboxylic acids is 1. The fraction of sp³-hybridized carbons (Fsp3) is 0.562. The van der Waals surface area contributed by atoms with Gasteiger partial charge in [-0.15, -0.1) is 0 Å². The minimum absolute atomic E-state index is 0.319. The van der Waals surface area contributed by atoms with Gasteiger partial charge in [-0.05, 0) is 37.5 Å². The van der Waals surface area contributed by atoms with Crippen molar-refractivity contribution in [2.45, 2.75) is 38.3 Å². The molecule has 0 aliphatic carbocycles. The molecule has 2 aliphatic heterocycles. The maximum Gasteiger partial charge on any atom is 0.222 e. The zero-order chi connectivity index (χ0) is 14.1.